The molecule has 1 aliphatic heterocycles. The number of rotatable bonds is 3. The monoisotopic (exact) mass is 350 g/mol. The summed E-state index contributed by atoms with van der Waals surface area (Å²) in [6, 6.07) is 12.6. The molecule has 8 nitrogen and oxygen atoms in total. The lowest BCUT2D eigenvalue weighted by Crippen LogP contribution is -2.45. The number of nitrogens with zero attached hydrogens (tertiary/aromatic N) is 1. The summed E-state index contributed by atoms with van der Waals surface area (Å²) in [4.78, 5) is 51.7. The van der Waals surface area contributed by atoms with Crippen LogP contribution in [0.2, 0.25) is 0 Å². The second-order valence-electron chi connectivity index (χ2n) is 5.95. The van der Waals surface area contributed by atoms with Crippen molar-refractivity contribution >= 4 is 34.2 Å². The zero-order valence-corrected chi connectivity index (χ0v) is 13.5. The van der Waals surface area contributed by atoms with E-state index in [1.54, 1.807) is 42.5 Å². The van der Waals surface area contributed by atoms with Gasteiger partial charge in [-0.25, -0.2) is 0 Å². The van der Waals surface area contributed by atoms with Gasteiger partial charge in [0.15, 0.2) is 0 Å². The van der Waals surface area contributed by atoms with Crippen LogP contribution in [0.25, 0.3) is 11.0 Å². The molecule has 2 heterocycles. The third kappa shape index (κ3) is 2.57. The van der Waals surface area contributed by atoms with Gasteiger partial charge in [-0.1, -0.05) is 24.3 Å². The Morgan fingerprint density at radius 2 is 1.81 bits per heavy atom. The fourth-order valence-corrected chi connectivity index (χ4v) is 3.12. The first-order valence-electron chi connectivity index (χ1n) is 7.98. The molecular formula is C18H14N4O4. The van der Waals surface area contributed by atoms with Gasteiger partial charge >= 0.3 is 11.1 Å². The number of carbonyl (C=O) groups excluding carboxylic acids is 2. The Morgan fingerprint density at radius 3 is 2.58 bits per heavy atom. The van der Waals surface area contributed by atoms with E-state index in [0.29, 0.717) is 22.4 Å². The smallest absolute Gasteiger partial charge is 0.317 e. The van der Waals surface area contributed by atoms with Gasteiger partial charge in [-0.15, -0.1) is 0 Å². The van der Waals surface area contributed by atoms with Crippen LogP contribution in [0.4, 0.5) is 11.4 Å². The van der Waals surface area contributed by atoms with Crippen LogP contribution >= 0.6 is 0 Å². The van der Waals surface area contributed by atoms with Gasteiger partial charge < -0.3 is 15.6 Å². The van der Waals surface area contributed by atoms with E-state index < -0.39 is 29.0 Å². The van der Waals surface area contributed by atoms with Gasteiger partial charge in [0.1, 0.15) is 6.04 Å². The van der Waals surface area contributed by atoms with Crippen molar-refractivity contribution in [1.29, 1.82) is 0 Å². The van der Waals surface area contributed by atoms with Crippen molar-refractivity contribution < 1.29 is 9.59 Å². The van der Waals surface area contributed by atoms with Gasteiger partial charge in [-0.3, -0.25) is 23.7 Å². The van der Waals surface area contributed by atoms with Gasteiger partial charge in [0.05, 0.1) is 23.1 Å². The number of nitrogens with one attached hydrogen (secondary N) is 3. The Morgan fingerprint density at radius 1 is 1.04 bits per heavy atom. The molecule has 8 heteroatoms. The molecule has 0 saturated carbocycles. The van der Waals surface area contributed by atoms with E-state index in [2.05, 4.69) is 15.6 Å². The average Bonchev–Trinajstić information content (AvgIpc) is 2.62. The lowest BCUT2D eigenvalue weighted by atomic mass is 10.1. The minimum Gasteiger partial charge on any atom is -0.326 e. The van der Waals surface area contributed by atoms with Crippen molar-refractivity contribution in [2.45, 2.75) is 12.5 Å². The van der Waals surface area contributed by atoms with Crippen molar-refractivity contribution in [2.75, 3.05) is 10.6 Å². The fourth-order valence-electron chi connectivity index (χ4n) is 3.12. The second kappa shape index (κ2) is 5.99. The maximum Gasteiger partial charge on any atom is 0.317 e. The summed E-state index contributed by atoms with van der Waals surface area (Å²) < 4.78 is 1.10. The standard InChI is InChI=1S/C18H14N4O4/c23-14(19-10-5-2-1-3-6-10)9-13-16(24)20-11-7-4-8-12-15(11)22(13)18(26)17(25)21-12/h1-8,13H,9H2,(H,19,23)(H,20,24)(H,21,25). The summed E-state index contributed by atoms with van der Waals surface area (Å²) in [6.45, 7) is 0. The first-order chi connectivity index (χ1) is 12.5. The summed E-state index contributed by atoms with van der Waals surface area (Å²) in [7, 11) is 0. The van der Waals surface area contributed by atoms with Crippen molar-refractivity contribution in [3.8, 4) is 0 Å². The molecule has 1 aromatic heterocycles. The van der Waals surface area contributed by atoms with Crippen LogP contribution in [-0.4, -0.2) is 21.4 Å². The quantitative estimate of drug-likeness (QED) is 0.616. The summed E-state index contributed by atoms with van der Waals surface area (Å²) in [6.07, 6.45) is -0.270. The van der Waals surface area contributed by atoms with Crippen LogP contribution in [0.3, 0.4) is 0 Å². The van der Waals surface area contributed by atoms with Gasteiger partial charge in [-0.2, -0.15) is 0 Å². The van der Waals surface area contributed by atoms with E-state index in [1.165, 1.54) is 0 Å². The lowest BCUT2D eigenvalue weighted by molar-refractivity contribution is -0.124. The van der Waals surface area contributed by atoms with Crippen LogP contribution in [0.15, 0.2) is 58.1 Å². The van der Waals surface area contributed by atoms with Crippen LogP contribution in [0.1, 0.15) is 12.5 Å². The van der Waals surface area contributed by atoms with E-state index in [-0.39, 0.29) is 6.42 Å². The van der Waals surface area contributed by atoms with Crippen LogP contribution in [0.5, 0.6) is 0 Å². The van der Waals surface area contributed by atoms with Crippen LogP contribution < -0.4 is 21.8 Å². The van der Waals surface area contributed by atoms with Gasteiger partial charge in [0.2, 0.25) is 11.8 Å². The molecule has 130 valence electrons. The average molecular weight is 350 g/mol. The Balaban J connectivity index is 1.76. The minimum atomic E-state index is -1.11. The molecule has 2 aromatic carbocycles. The maximum atomic E-state index is 12.5. The summed E-state index contributed by atoms with van der Waals surface area (Å²) in [5.41, 5.74) is 0.114. The van der Waals surface area contributed by atoms with E-state index in [9.17, 15) is 19.2 Å². The van der Waals surface area contributed by atoms with E-state index in [1.807, 2.05) is 6.07 Å². The number of aromatic amines is 1. The third-order valence-corrected chi connectivity index (χ3v) is 4.25. The number of benzene rings is 2. The molecular weight excluding hydrogens is 336 g/mol. The number of amides is 2. The topological polar surface area (TPSA) is 113 Å². The minimum absolute atomic E-state index is 0.270. The molecule has 0 bridgehead atoms. The first-order valence-corrected chi connectivity index (χ1v) is 7.98. The Kier molecular flexibility index (Phi) is 3.65. The molecule has 0 spiro atoms. The Hall–Kier alpha value is -3.68. The predicted molar refractivity (Wildman–Crippen MR) is 96.2 cm³/mol. The molecule has 0 aliphatic carbocycles. The molecule has 2 amide bonds. The number of para-hydroxylation sites is 2. The molecule has 1 atom stereocenters. The first kappa shape index (κ1) is 15.8. The maximum absolute atomic E-state index is 12.5. The van der Waals surface area contributed by atoms with E-state index in [4.69, 9.17) is 0 Å². The molecule has 0 saturated heterocycles. The van der Waals surface area contributed by atoms with Crippen molar-refractivity contribution in [1.82, 2.24) is 9.55 Å². The zero-order chi connectivity index (χ0) is 18.3. The molecule has 1 aliphatic rings. The van der Waals surface area contributed by atoms with E-state index in [0.717, 1.165) is 4.57 Å². The van der Waals surface area contributed by atoms with E-state index >= 15 is 0 Å². The van der Waals surface area contributed by atoms with Gasteiger partial charge in [0.25, 0.3) is 0 Å². The highest BCUT2D eigenvalue weighted by Gasteiger charge is 2.32. The third-order valence-electron chi connectivity index (χ3n) is 4.25. The molecule has 4 rings (SSSR count). The normalized spacial score (nSPS) is 15.5. The van der Waals surface area contributed by atoms with Crippen LogP contribution in [0, 0.1) is 0 Å². The summed E-state index contributed by atoms with van der Waals surface area (Å²) >= 11 is 0. The Labute approximate surface area is 146 Å². The number of hydrogen-bond acceptors (Lipinski definition) is 4. The van der Waals surface area contributed by atoms with Gasteiger partial charge in [-0.05, 0) is 24.3 Å². The lowest BCUT2D eigenvalue weighted by Gasteiger charge is -2.26. The molecule has 0 radical (unpaired) electrons. The SMILES string of the molecule is O=C(CC1C(=O)Nc2cccc3[nH]c(=O)c(=O)n1c23)Nc1ccccc1. The highest BCUT2D eigenvalue weighted by molar-refractivity contribution is 6.06. The molecule has 1 unspecified atom stereocenters. The predicted octanol–water partition coefficient (Wildman–Crippen LogP) is 1.21. The number of H-pyrrole nitrogens is 1. The number of anilines is 2. The summed E-state index contributed by atoms with van der Waals surface area (Å²) in [5.74, 6) is -0.947. The second-order valence-corrected chi connectivity index (χ2v) is 5.95. The highest BCUT2D eigenvalue weighted by atomic mass is 16.2. The fraction of sp³-hybridized carbons (Fsp3) is 0.111. The summed E-state index contributed by atoms with van der Waals surface area (Å²) in [5, 5.41) is 5.37. The molecule has 3 N–H and O–H groups in total. The molecule has 3 aromatic rings. The number of carbonyl (C=O) groups is 2. The van der Waals surface area contributed by atoms with Crippen molar-refractivity contribution in [3.05, 3.63) is 69.2 Å². The number of aromatic nitrogens is 2. The zero-order valence-electron chi connectivity index (χ0n) is 13.5. The number of hydrogen-bond donors (Lipinski definition) is 3. The van der Waals surface area contributed by atoms with Crippen molar-refractivity contribution in [2.24, 2.45) is 0 Å². The largest absolute Gasteiger partial charge is 0.326 e. The molecule has 26 heavy (non-hydrogen) atoms. The highest BCUT2D eigenvalue weighted by Crippen LogP contribution is 2.29. The van der Waals surface area contributed by atoms with Gasteiger partial charge in [0, 0.05) is 5.69 Å². The molecule has 0 fully saturated rings. The van der Waals surface area contributed by atoms with Crippen molar-refractivity contribution in [3.63, 3.8) is 0 Å². The van der Waals surface area contributed by atoms with Crippen LogP contribution in [-0.2, 0) is 9.59 Å². The Bertz CT molecular complexity index is 1150.